The molecule has 0 saturated carbocycles. The van der Waals surface area contributed by atoms with E-state index in [4.69, 9.17) is 5.73 Å². The molecule has 3 heteroatoms. The van der Waals surface area contributed by atoms with Crippen LogP contribution in [0.15, 0.2) is 39.3 Å². The fourth-order valence-corrected chi connectivity index (χ4v) is 2.28. The SMILES string of the molecule is C=C(CC)CC(N)c1cc(Br)ccc1Br. The Hall–Kier alpha value is -0.120. The maximum atomic E-state index is 6.13. The van der Waals surface area contributed by atoms with Crippen LogP contribution >= 0.6 is 31.9 Å². The minimum absolute atomic E-state index is 0.0179. The zero-order chi connectivity index (χ0) is 11.4. The first-order chi connectivity index (χ1) is 7.04. The third-order valence-electron chi connectivity index (χ3n) is 2.37. The lowest BCUT2D eigenvalue weighted by Gasteiger charge is -2.15. The van der Waals surface area contributed by atoms with E-state index >= 15 is 0 Å². The first-order valence-electron chi connectivity index (χ1n) is 4.91. The van der Waals surface area contributed by atoms with Crippen molar-refractivity contribution in [2.24, 2.45) is 5.73 Å². The minimum Gasteiger partial charge on any atom is -0.324 e. The summed E-state index contributed by atoms with van der Waals surface area (Å²) in [6.07, 6.45) is 1.82. The van der Waals surface area contributed by atoms with Gasteiger partial charge in [0.05, 0.1) is 0 Å². The van der Waals surface area contributed by atoms with Gasteiger partial charge >= 0.3 is 0 Å². The minimum atomic E-state index is 0.0179. The average Bonchev–Trinajstić information content (AvgIpc) is 2.21. The summed E-state index contributed by atoms with van der Waals surface area (Å²) in [4.78, 5) is 0. The molecule has 0 radical (unpaired) electrons. The number of halogens is 2. The summed E-state index contributed by atoms with van der Waals surface area (Å²) in [6, 6.07) is 6.07. The van der Waals surface area contributed by atoms with Crippen LogP contribution in [-0.2, 0) is 0 Å². The lowest BCUT2D eigenvalue weighted by molar-refractivity contribution is 0.698. The van der Waals surface area contributed by atoms with E-state index in [0.29, 0.717) is 0 Å². The molecule has 0 bridgehead atoms. The van der Waals surface area contributed by atoms with Crippen molar-refractivity contribution in [3.05, 3.63) is 44.9 Å². The molecule has 1 aromatic carbocycles. The molecule has 0 aliphatic carbocycles. The molecule has 0 fully saturated rings. The van der Waals surface area contributed by atoms with E-state index < -0.39 is 0 Å². The fraction of sp³-hybridized carbons (Fsp3) is 0.333. The Balaban J connectivity index is 2.85. The van der Waals surface area contributed by atoms with Crippen molar-refractivity contribution in [1.29, 1.82) is 0 Å². The van der Waals surface area contributed by atoms with Crippen molar-refractivity contribution in [1.82, 2.24) is 0 Å². The first-order valence-corrected chi connectivity index (χ1v) is 6.50. The standard InChI is InChI=1S/C12H15Br2N/c1-3-8(2)6-12(15)10-7-9(13)4-5-11(10)14/h4-5,7,12H,2-3,6,15H2,1H3. The second-order valence-electron chi connectivity index (χ2n) is 3.58. The summed E-state index contributed by atoms with van der Waals surface area (Å²) in [5, 5.41) is 0. The number of hydrogen-bond acceptors (Lipinski definition) is 1. The maximum Gasteiger partial charge on any atom is 0.0344 e. The molecule has 1 aromatic rings. The zero-order valence-electron chi connectivity index (χ0n) is 8.76. The van der Waals surface area contributed by atoms with Gasteiger partial charge in [0.2, 0.25) is 0 Å². The van der Waals surface area contributed by atoms with Gasteiger partial charge < -0.3 is 5.73 Å². The lowest BCUT2D eigenvalue weighted by atomic mass is 9.99. The Kier molecular flexibility index (Phi) is 5.03. The molecule has 0 heterocycles. The molecule has 2 N–H and O–H groups in total. The van der Waals surface area contributed by atoms with Gasteiger partial charge in [-0.25, -0.2) is 0 Å². The van der Waals surface area contributed by atoms with Crippen LogP contribution in [0.3, 0.4) is 0 Å². The molecule has 1 rings (SSSR count). The highest BCUT2D eigenvalue weighted by Gasteiger charge is 2.11. The Morgan fingerprint density at radius 2 is 2.13 bits per heavy atom. The molecule has 0 aliphatic rings. The van der Waals surface area contributed by atoms with Crippen LogP contribution in [0.5, 0.6) is 0 Å². The summed E-state index contributed by atoms with van der Waals surface area (Å²) in [5.74, 6) is 0. The van der Waals surface area contributed by atoms with Gasteiger partial charge in [-0.2, -0.15) is 0 Å². The van der Waals surface area contributed by atoms with E-state index in [0.717, 1.165) is 27.4 Å². The Bertz CT molecular complexity index is 361. The normalized spacial score (nSPS) is 12.5. The van der Waals surface area contributed by atoms with E-state index in [2.05, 4.69) is 51.4 Å². The largest absolute Gasteiger partial charge is 0.324 e. The summed E-state index contributed by atoms with van der Waals surface area (Å²) in [7, 11) is 0. The average molecular weight is 333 g/mol. The molecule has 1 nitrogen and oxygen atoms in total. The Labute approximate surface area is 108 Å². The van der Waals surface area contributed by atoms with Gasteiger partial charge in [0.1, 0.15) is 0 Å². The highest BCUT2D eigenvalue weighted by molar-refractivity contribution is 9.11. The van der Waals surface area contributed by atoms with Crippen molar-refractivity contribution in [2.75, 3.05) is 0 Å². The van der Waals surface area contributed by atoms with Gasteiger partial charge in [-0.3, -0.25) is 0 Å². The van der Waals surface area contributed by atoms with Gasteiger partial charge in [-0.1, -0.05) is 50.9 Å². The van der Waals surface area contributed by atoms with Crippen molar-refractivity contribution < 1.29 is 0 Å². The predicted octanol–water partition coefficient (Wildman–Crippen LogP) is 4.57. The molecular weight excluding hydrogens is 318 g/mol. The molecule has 15 heavy (non-hydrogen) atoms. The van der Waals surface area contributed by atoms with Crippen molar-refractivity contribution in [3.8, 4) is 0 Å². The molecule has 82 valence electrons. The van der Waals surface area contributed by atoms with E-state index in [9.17, 15) is 0 Å². The summed E-state index contributed by atoms with van der Waals surface area (Å²) < 4.78 is 2.11. The quantitative estimate of drug-likeness (QED) is 0.803. The molecule has 1 atom stereocenters. The molecular formula is C12H15Br2N. The van der Waals surface area contributed by atoms with Crippen molar-refractivity contribution in [2.45, 2.75) is 25.8 Å². The smallest absolute Gasteiger partial charge is 0.0344 e. The number of nitrogens with two attached hydrogens (primary N) is 1. The van der Waals surface area contributed by atoms with Crippen molar-refractivity contribution >= 4 is 31.9 Å². The van der Waals surface area contributed by atoms with Crippen LogP contribution in [-0.4, -0.2) is 0 Å². The fourth-order valence-electron chi connectivity index (χ4n) is 1.36. The second-order valence-corrected chi connectivity index (χ2v) is 5.35. The molecule has 0 amide bonds. The van der Waals surface area contributed by atoms with E-state index in [1.165, 1.54) is 5.57 Å². The zero-order valence-corrected chi connectivity index (χ0v) is 11.9. The molecule has 0 aromatic heterocycles. The van der Waals surface area contributed by atoms with Crippen LogP contribution in [0.1, 0.15) is 31.4 Å². The van der Waals surface area contributed by atoms with Gasteiger partial charge in [0, 0.05) is 15.0 Å². The number of hydrogen-bond donors (Lipinski definition) is 1. The predicted molar refractivity (Wildman–Crippen MR) is 72.8 cm³/mol. The highest BCUT2D eigenvalue weighted by Crippen LogP contribution is 2.29. The Morgan fingerprint density at radius 1 is 1.47 bits per heavy atom. The van der Waals surface area contributed by atoms with E-state index in [-0.39, 0.29) is 6.04 Å². The lowest BCUT2D eigenvalue weighted by Crippen LogP contribution is -2.11. The van der Waals surface area contributed by atoms with Crippen LogP contribution in [0.4, 0.5) is 0 Å². The molecule has 1 unspecified atom stereocenters. The van der Waals surface area contributed by atoms with Gasteiger partial charge in [-0.05, 0) is 36.6 Å². The van der Waals surface area contributed by atoms with Crippen molar-refractivity contribution in [3.63, 3.8) is 0 Å². The summed E-state index contributed by atoms with van der Waals surface area (Å²) in [6.45, 7) is 6.09. The third kappa shape index (κ3) is 3.74. The first kappa shape index (κ1) is 12.9. The molecule has 0 aliphatic heterocycles. The van der Waals surface area contributed by atoms with Crippen LogP contribution < -0.4 is 5.73 Å². The molecule has 0 saturated heterocycles. The summed E-state index contributed by atoms with van der Waals surface area (Å²) >= 11 is 6.96. The van der Waals surface area contributed by atoms with Crippen LogP contribution in [0.2, 0.25) is 0 Å². The number of benzene rings is 1. The summed E-state index contributed by atoms with van der Waals surface area (Å²) in [5.41, 5.74) is 8.44. The van der Waals surface area contributed by atoms with Gasteiger partial charge in [0.15, 0.2) is 0 Å². The van der Waals surface area contributed by atoms with E-state index in [1.807, 2.05) is 12.1 Å². The van der Waals surface area contributed by atoms with Gasteiger partial charge in [-0.15, -0.1) is 0 Å². The second kappa shape index (κ2) is 5.83. The molecule has 0 spiro atoms. The topological polar surface area (TPSA) is 26.0 Å². The van der Waals surface area contributed by atoms with Crippen LogP contribution in [0.25, 0.3) is 0 Å². The highest BCUT2D eigenvalue weighted by atomic mass is 79.9. The van der Waals surface area contributed by atoms with E-state index in [1.54, 1.807) is 0 Å². The number of rotatable bonds is 4. The van der Waals surface area contributed by atoms with Gasteiger partial charge in [0.25, 0.3) is 0 Å². The maximum absolute atomic E-state index is 6.13. The van der Waals surface area contributed by atoms with Crippen LogP contribution in [0, 0.1) is 0 Å². The Morgan fingerprint density at radius 3 is 2.73 bits per heavy atom. The third-order valence-corrected chi connectivity index (χ3v) is 3.58. The monoisotopic (exact) mass is 331 g/mol.